The van der Waals surface area contributed by atoms with Gasteiger partial charge in [0.1, 0.15) is 24.6 Å². The molecule has 0 saturated carbocycles. The molecule has 4 aromatic heterocycles. The van der Waals surface area contributed by atoms with Crippen LogP contribution in [0.2, 0.25) is 10.2 Å². The number of nitrogens with one attached hydrogen (secondary N) is 1. The highest BCUT2D eigenvalue weighted by Gasteiger charge is 2.29. The molecule has 0 radical (unpaired) electrons. The molecule has 0 unspecified atom stereocenters. The van der Waals surface area contributed by atoms with Crippen LogP contribution >= 0.6 is 23.2 Å². The summed E-state index contributed by atoms with van der Waals surface area (Å²) in [6.07, 6.45) is 5.27. The summed E-state index contributed by atoms with van der Waals surface area (Å²) in [5.41, 5.74) is 4.02. The van der Waals surface area contributed by atoms with Crippen molar-refractivity contribution in [2.45, 2.75) is 18.9 Å². The minimum Gasteiger partial charge on any atom is -0.445 e. The number of ether oxygens (including phenoxy) is 1. The Bertz CT molecular complexity index is 1870. The maximum atomic E-state index is 13.5. The summed E-state index contributed by atoms with van der Waals surface area (Å²) in [6.45, 7) is 3.63. The Hall–Kier alpha value is -4.81. The van der Waals surface area contributed by atoms with E-state index in [9.17, 15) is 9.59 Å². The third-order valence-corrected chi connectivity index (χ3v) is 7.48. The smallest absolute Gasteiger partial charge is 0.415 e. The van der Waals surface area contributed by atoms with Gasteiger partial charge in [-0.1, -0.05) is 35.9 Å². The van der Waals surface area contributed by atoms with Gasteiger partial charge in [0.25, 0.3) is 5.56 Å². The molecule has 1 amide bonds. The highest BCUT2D eigenvalue weighted by Crippen LogP contribution is 2.36. The number of H-pyrrole nitrogens is 1. The molecule has 1 aromatic carbocycles. The Kier molecular flexibility index (Phi) is 7.31. The van der Waals surface area contributed by atoms with Crippen LogP contribution in [0.5, 0.6) is 0 Å². The Labute approximate surface area is 249 Å². The van der Waals surface area contributed by atoms with Crippen molar-refractivity contribution in [2.75, 3.05) is 18.6 Å². The second kappa shape index (κ2) is 11.2. The maximum absolute atomic E-state index is 13.5. The van der Waals surface area contributed by atoms with Crippen LogP contribution in [0.4, 0.5) is 10.6 Å². The summed E-state index contributed by atoms with van der Waals surface area (Å²) >= 11 is 12.9. The molecule has 1 aliphatic rings. The molecule has 0 spiro atoms. The summed E-state index contributed by atoms with van der Waals surface area (Å²) in [5.74, 6) is 0.920. The lowest BCUT2D eigenvalue weighted by atomic mass is 10.0. The number of hydrogen-bond acceptors (Lipinski definition) is 8. The lowest BCUT2D eigenvalue weighted by Crippen LogP contribution is -2.27. The number of benzene rings is 1. The molecule has 1 aliphatic heterocycles. The van der Waals surface area contributed by atoms with Crippen LogP contribution in [-0.4, -0.2) is 59.5 Å². The first-order chi connectivity index (χ1) is 20.3. The molecule has 0 fully saturated rings. The van der Waals surface area contributed by atoms with Crippen molar-refractivity contribution in [2.24, 2.45) is 0 Å². The van der Waals surface area contributed by atoms with Crippen molar-refractivity contribution in [3.63, 3.8) is 0 Å². The van der Waals surface area contributed by atoms with Gasteiger partial charge in [-0.2, -0.15) is 4.68 Å². The predicted molar refractivity (Wildman–Crippen MR) is 157 cm³/mol. The van der Waals surface area contributed by atoms with E-state index in [1.165, 1.54) is 22.0 Å². The molecule has 212 valence electrons. The monoisotopic (exact) mass is 603 g/mol. The molecule has 5 heterocycles. The van der Waals surface area contributed by atoms with Gasteiger partial charge in [-0.15, -0.1) is 5.10 Å². The Balaban J connectivity index is 1.32. The number of aromatic nitrogens is 8. The molecule has 14 heteroatoms. The SMILES string of the molecule is C=CCOC(=O)N(C)c1cc(-c2[nH]c([C@@H]3CCc4cc(-c5cc(Cl)ccc5-n5cnnn5)cc(=O)n43)nc2Cl)ccn1. The van der Waals surface area contributed by atoms with Crippen LogP contribution in [0.15, 0.2) is 72.4 Å². The Morgan fingerprint density at radius 3 is 2.86 bits per heavy atom. The highest BCUT2D eigenvalue weighted by molar-refractivity contribution is 6.32. The highest BCUT2D eigenvalue weighted by atomic mass is 35.5. The van der Waals surface area contributed by atoms with Crippen molar-refractivity contribution < 1.29 is 9.53 Å². The van der Waals surface area contributed by atoms with Gasteiger partial charge in [0.15, 0.2) is 5.15 Å². The molecular formula is C28H23Cl2N9O3. The van der Waals surface area contributed by atoms with Gasteiger partial charge in [0, 0.05) is 41.2 Å². The van der Waals surface area contributed by atoms with Crippen molar-refractivity contribution in [1.29, 1.82) is 0 Å². The van der Waals surface area contributed by atoms with Crippen molar-refractivity contribution >= 4 is 35.1 Å². The van der Waals surface area contributed by atoms with Crippen LogP contribution in [0.1, 0.15) is 24.0 Å². The molecule has 6 rings (SSSR count). The number of halogens is 2. The number of fused-ring (bicyclic) bond motifs is 1. The van der Waals surface area contributed by atoms with Gasteiger partial charge in [-0.25, -0.2) is 14.8 Å². The fourth-order valence-electron chi connectivity index (χ4n) is 5.02. The van der Waals surface area contributed by atoms with E-state index in [-0.39, 0.29) is 23.4 Å². The number of nitrogens with zero attached hydrogens (tertiary/aromatic N) is 8. The number of pyridine rings is 2. The first-order valence-electron chi connectivity index (χ1n) is 12.9. The number of carbonyl (C=O) groups is 1. The molecule has 5 aromatic rings. The first-order valence-corrected chi connectivity index (χ1v) is 13.6. The number of tetrazole rings is 1. The molecule has 0 bridgehead atoms. The number of amides is 1. The van der Waals surface area contributed by atoms with E-state index >= 15 is 0 Å². The Morgan fingerprint density at radius 1 is 1.21 bits per heavy atom. The van der Waals surface area contributed by atoms with E-state index in [1.54, 1.807) is 54.2 Å². The molecule has 1 atom stereocenters. The average molecular weight is 604 g/mol. The molecule has 0 saturated heterocycles. The lowest BCUT2D eigenvalue weighted by Gasteiger charge is -2.16. The minimum atomic E-state index is -0.569. The van der Waals surface area contributed by atoms with Crippen LogP contribution in [0, 0.1) is 0 Å². The number of imidazole rings is 1. The number of aromatic amines is 1. The van der Waals surface area contributed by atoms with Crippen LogP contribution < -0.4 is 10.5 Å². The topological polar surface area (TPSA) is 137 Å². The van der Waals surface area contributed by atoms with Crippen LogP contribution in [-0.2, 0) is 11.2 Å². The Morgan fingerprint density at radius 2 is 2.07 bits per heavy atom. The summed E-state index contributed by atoms with van der Waals surface area (Å²) in [7, 11) is 1.56. The maximum Gasteiger partial charge on any atom is 0.415 e. The van der Waals surface area contributed by atoms with E-state index in [4.69, 9.17) is 27.9 Å². The van der Waals surface area contributed by atoms with E-state index in [0.29, 0.717) is 52.0 Å². The van der Waals surface area contributed by atoms with Gasteiger partial charge < -0.3 is 14.3 Å². The number of aryl methyl sites for hydroxylation is 1. The molecule has 12 nitrogen and oxygen atoms in total. The average Bonchev–Trinajstić information content (AvgIpc) is 3.76. The summed E-state index contributed by atoms with van der Waals surface area (Å²) in [6, 6.07) is 12.0. The van der Waals surface area contributed by atoms with Crippen LogP contribution in [0.3, 0.4) is 0 Å². The van der Waals surface area contributed by atoms with Gasteiger partial charge in [-0.05, 0) is 65.2 Å². The van der Waals surface area contributed by atoms with Gasteiger partial charge in [0.2, 0.25) is 0 Å². The van der Waals surface area contributed by atoms with E-state index in [1.807, 2.05) is 6.07 Å². The fourth-order valence-corrected chi connectivity index (χ4v) is 5.44. The van der Waals surface area contributed by atoms with Crippen LogP contribution in [0.25, 0.3) is 28.1 Å². The van der Waals surface area contributed by atoms with Crippen molar-refractivity contribution in [1.82, 2.24) is 39.7 Å². The molecule has 42 heavy (non-hydrogen) atoms. The van der Waals surface area contributed by atoms with E-state index in [0.717, 1.165) is 11.3 Å². The zero-order chi connectivity index (χ0) is 29.4. The third-order valence-electron chi connectivity index (χ3n) is 6.97. The number of rotatable bonds is 7. The largest absolute Gasteiger partial charge is 0.445 e. The predicted octanol–water partition coefficient (Wildman–Crippen LogP) is 4.88. The molecule has 0 aliphatic carbocycles. The summed E-state index contributed by atoms with van der Waals surface area (Å²) in [5, 5.41) is 12.2. The zero-order valence-corrected chi connectivity index (χ0v) is 23.7. The third kappa shape index (κ3) is 5.06. The zero-order valence-electron chi connectivity index (χ0n) is 22.2. The molecular weight excluding hydrogens is 581 g/mol. The van der Waals surface area contributed by atoms with Crippen molar-refractivity contribution in [3.05, 3.63) is 99.7 Å². The van der Waals surface area contributed by atoms with Gasteiger partial charge >= 0.3 is 6.09 Å². The fraction of sp³-hybridized carbons (Fsp3) is 0.179. The quantitative estimate of drug-likeness (QED) is 0.260. The number of anilines is 1. The summed E-state index contributed by atoms with van der Waals surface area (Å²) < 4.78 is 8.35. The number of carbonyl (C=O) groups excluding carboxylic acids is 1. The first kappa shape index (κ1) is 27.4. The minimum absolute atomic E-state index is 0.0852. The number of hydrogen-bond donors (Lipinski definition) is 1. The standard InChI is InChI=1S/C28H23Cl2N9O3/c1-3-10-42-28(41)37(2)23-12-16(8-9-31-23)25-26(30)34-27(33-25)22-7-5-19-11-17(13-24(40)39(19)22)20-14-18(29)4-6-21(20)38-15-32-35-36-38/h3-4,6,8-9,11-15,22H,1,5,7,10H2,2H3,(H,33,34)/t22-/m0/s1. The van der Waals surface area contributed by atoms with Crippen molar-refractivity contribution in [3.8, 4) is 28.1 Å². The second-order valence-electron chi connectivity index (χ2n) is 9.53. The summed E-state index contributed by atoms with van der Waals surface area (Å²) in [4.78, 5) is 39.2. The van der Waals surface area contributed by atoms with Gasteiger partial charge in [0.05, 0.1) is 17.4 Å². The normalized spacial score (nSPS) is 14.0. The second-order valence-corrected chi connectivity index (χ2v) is 10.3. The lowest BCUT2D eigenvalue weighted by molar-refractivity contribution is 0.167. The molecule has 1 N–H and O–H groups in total. The van der Waals surface area contributed by atoms with E-state index in [2.05, 4.69) is 37.1 Å². The van der Waals surface area contributed by atoms with E-state index < -0.39 is 6.09 Å². The van der Waals surface area contributed by atoms with Gasteiger partial charge in [-0.3, -0.25) is 9.69 Å².